The van der Waals surface area contributed by atoms with E-state index in [4.69, 9.17) is 4.74 Å². The Morgan fingerprint density at radius 3 is 2.48 bits per heavy atom. The van der Waals surface area contributed by atoms with Crippen LogP contribution in [-0.4, -0.2) is 50.5 Å². The molecule has 6 nitrogen and oxygen atoms in total. The zero-order valence-electron chi connectivity index (χ0n) is 15.5. The molecule has 0 fully saturated rings. The van der Waals surface area contributed by atoms with E-state index in [2.05, 4.69) is 10.6 Å². The van der Waals surface area contributed by atoms with E-state index in [0.717, 1.165) is 5.56 Å². The number of amides is 2. The van der Waals surface area contributed by atoms with Crippen LogP contribution in [0, 0.1) is 5.82 Å². The molecule has 0 aliphatic carbocycles. The van der Waals surface area contributed by atoms with Crippen molar-refractivity contribution in [3.63, 3.8) is 0 Å². The summed E-state index contributed by atoms with van der Waals surface area (Å²) in [6.07, 6.45) is 0.617. The van der Waals surface area contributed by atoms with E-state index in [-0.39, 0.29) is 30.7 Å². The number of methoxy groups -OCH3 is 1. The molecule has 2 N–H and O–H groups in total. The van der Waals surface area contributed by atoms with Crippen molar-refractivity contribution in [3.05, 3.63) is 59.9 Å². The van der Waals surface area contributed by atoms with E-state index in [0.29, 0.717) is 24.4 Å². The minimum atomic E-state index is -0.281. The normalized spacial score (nSPS) is 10.5. The fraction of sp³-hybridized carbons (Fsp3) is 0.300. The smallest absolute Gasteiger partial charge is 0.238 e. The lowest BCUT2D eigenvalue weighted by Crippen LogP contribution is -2.39. The van der Waals surface area contributed by atoms with E-state index in [1.165, 1.54) is 12.1 Å². The molecule has 7 heteroatoms. The number of nitrogens with one attached hydrogen (secondary N) is 2. The topological polar surface area (TPSA) is 70.7 Å². The van der Waals surface area contributed by atoms with Crippen LogP contribution in [0.15, 0.2) is 48.5 Å². The van der Waals surface area contributed by atoms with Crippen molar-refractivity contribution in [2.24, 2.45) is 0 Å². The highest BCUT2D eigenvalue weighted by molar-refractivity contribution is 5.92. The van der Waals surface area contributed by atoms with E-state index in [9.17, 15) is 14.0 Å². The number of benzene rings is 2. The van der Waals surface area contributed by atoms with Crippen molar-refractivity contribution >= 4 is 17.5 Å². The molecule has 0 spiro atoms. The lowest BCUT2D eigenvalue weighted by molar-refractivity contribution is -0.122. The molecule has 144 valence electrons. The second-order valence-electron chi connectivity index (χ2n) is 6.18. The Labute approximate surface area is 158 Å². The van der Waals surface area contributed by atoms with Crippen LogP contribution in [0.25, 0.3) is 0 Å². The summed E-state index contributed by atoms with van der Waals surface area (Å²) >= 11 is 0. The number of halogens is 1. The van der Waals surface area contributed by atoms with Gasteiger partial charge in [-0.3, -0.25) is 14.5 Å². The van der Waals surface area contributed by atoms with Gasteiger partial charge in [0.05, 0.1) is 20.2 Å². The average Bonchev–Trinajstić information content (AvgIpc) is 2.63. The summed E-state index contributed by atoms with van der Waals surface area (Å²) < 4.78 is 18.0. The summed E-state index contributed by atoms with van der Waals surface area (Å²) in [7, 11) is 3.26. The van der Waals surface area contributed by atoms with Gasteiger partial charge in [-0.15, -0.1) is 0 Å². The molecule has 2 aromatic rings. The van der Waals surface area contributed by atoms with Crippen LogP contribution in [0.1, 0.15) is 5.56 Å². The summed E-state index contributed by atoms with van der Waals surface area (Å²) in [6, 6.07) is 13.2. The van der Waals surface area contributed by atoms with Crippen LogP contribution in [-0.2, 0) is 16.0 Å². The first kappa shape index (κ1) is 20.4. The third kappa shape index (κ3) is 7.45. The highest BCUT2D eigenvalue weighted by Gasteiger charge is 2.11. The van der Waals surface area contributed by atoms with Gasteiger partial charge in [0.2, 0.25) is 11.8 Å². The van der Waals surface area contributed by atoms with Gasteiger partial charge < -0.3 is 15.4 Å². The van der Waals surface area contributed by atoms with Crippen LogP contribution in [0.2, 0.25) is 0 Å². The van der Waals surface area contributed by atoms with Gasteiger partial charge in [-0.05, 0) is 43.3 Å². The minimum absolute atomic E-state index is 0.0859. The van der Waals surface area contributed by atoms with E-state index in [1.807, 2.05) is 0 Å². The van der Waals surface area contributed by atoms with Gasteiger partial charge in [0.15, 0.2) is 0 Å². The number of ether oxygens (including phenoxy) is 1. The molecule has 0 unspecified atom stereocenters. The zero-order valence-corrected chi connectivity index (χ0v) is 15.5. The maximum atomic E-state index is 12.8. The maximum absolute atomic E-state index is 12.8. The third-order valence-corrected chi connectivity index (χ3v) is 3.83. The van der Waals surface area contributed by atoms with Crippen LogP contribution < -0.4 is 15.4 Å². The summed E-state index contributed by atoms with van der Waals surface area (Å²) in [5, 5.41) is 5.56. The molecule has 0 radical (unpaired) electrons. The zero-order chi connectivity index (χ0) is 19.6. The number of hydrogen-bond donors (Lipinski definition) is 2. The molecule has 0 aromatic heterocycles. The number of hydrogen-bond acceptors (Lipinski definition) is 4. The molecule has 0 aliphatic heterocycles. The number of carbonyl (C=O) groups excluding carboxylic acids is 2. The SMILES string of the molecule is COc1cccc(NC(=O)CN(C)CC(=O)NCCc2ccc(F)cc2)c1. The highest BCUT2D eigenvalue weighted by atomic mass is 19.1. The number of nitrogens with zero attached hydrogens (tertiary/aromatic N) is 1. The van der Waals surface area contributed by atoms with Gasteiger partial charge >= 0.3 is 0 Å². The molecular formula is C20H24FN3O3. The van der Waals surface area contributed by atoms with Gasteiger partial charge in [0.25, 0.3) is 0 Å². The number of likely N-dealkylation sites (N-methyl/N-ethyl adjacent to an activating group) is 1. The fourth-order valence-electron chi connectivity index (χ4n) is 2.50. The highest BCUT2D eigenvalue weighted by Crippen LogP contribution is 2.16. The van der Waals surface area contributed by atoms with Crippen molar-refractivity contribution in [1.29, 1.82) is 0 Å². The van der Waals surface area contributed by atoms with Crippen LogP contribution in [0.3, 0.4) is 0 Å². The number of carbonyl (C=O) groups is 2. The van der Waals surface area contributed by atoms with E-state index in [1.54, 1.807) is 55.5 Å². The summed E-state index contributed by atoms with van der Waals surface area (Å²) in [4.78, 5) is 25.7. The van der Waals surface area contributed by atoms with Crippen molar-refractivity contribution in [1.82, 2.24) is 10.2 Å². The van der Waals surface area contributed by atoms with Crippen molar-refractivity contribution < 1.29 is 18.7 Å². The molecule has 0 aliphatic rings. The molecule has 2 rings (SSSR count). The molecular weight excluding hydrogens is 349 g/mol. The van der Waals surface area contributed by atoms with Crippen molar-refractivity contribution in [3.8, 4) is 5.75 Å². The molecule has 27 heavy (non-hydrogen) atoms. The Bertz CT molecular complexity index is 765. The Morgan fingerprint density at radius 2 is 1.78 bits per heavy atom. The van der Waals surface area contributed by atoms with E-state index >= 15 is 0 Å². The molecule has 2 amide bonds. The molecule has 2 aromatic carbocycles. The Balaban J connectivity index is 1.69. The summed E-state index contributed by atoms with van der Waals surface area (Å²) in [5.41, 5.74) is 1.58. The van der Waals surface area contributed by atoms with Crippen LogP contribution in [0.5, 0.6) is 5.75 Å². The van der Waals surface area contributed by atoms with Crippen LogP contribution >= 0.6 is 0 Å². The number of anilines is 1. The Hall–Kier alpha value is -2.93. The second-order valence-corrected chi connectivity index (χ2v) is 6.18. The van der Waals surface area contributed by atoms with Gasteiger partial charge in [-0.2, -0.15) is 0 Å². The Morgan fingerprint density at radius 1 is 1.07 bits per heavy atom. The monoisotopic (exact) mass is 373 g/mol. The molecule has 0 heterocycles. The first-order chi connectivity index (χ1) is 13.0. The molecule has 0 saturated heterocycles. The first-order valence-electron chi connectivity index (χ1n) is 8.60. The molecule has 0 atom stereocenters. The third-order valence-electron chi connectivity index (χ3n) is 3.83. The minimum Gasteiger partial charge on any atom is -0.497 e. The van der Waals surface area contributed by atoms with Gasteiger partial charge in [-0.1, -0.05) is 18.2 Å². The quantitative estimate of drug-likeness (QED) is 0.706. The lowest BCUT2D eigenvalue weighted by Gasteiger charge is -2.16. The van der Waals surface area contributed by atoms with Crippen molar-refractivity contribution in [2.45, 2.75) is 6.42 Å². The standard InChI is InChI=1S/C20H24FN3O3/c1-24(14-20(26)23-17-4-3-5-18(12-17)27-2)13-19(25)22-11-10-15-6-8-16(21)9-7-15/h3-9,12H,10-11,13-14H2,1-2H3,(H,22,25)(H,23,26). The predicted molar refractivity (Wildman–Crippen MR) is 102 cm³/mol. The largest absolute Gasteiger partial charge is 0.497 e. The van der Waals surface area contributed by atoms with Gasteiger partial charge in [0, 0.05) is 18.3 Å². The maximum Gasteiger partial charge on any atom is 0.238 e. The second kappa shape index (κ2) is 10.3. The van der Waals surface area contributed by atoms with Crippen LogP contribution in [0.4, 0.5) is 10.1 Å². The molecule has 0 bridgehead atoms. The van der Waals surface area contributed by atoms with Gasteiger partial charge in [-0.25, -0.2) is 4.39 Å². The summed E-state index contributed by atoms with van der Waals surface area (Å²) in [6.45, 7) is 0.645. The van der Waals surface area contributed by atoms with Crippen molar-refractivity contribution in [2.75, 3.05) is 39.1 Å². The van der Waals surface area contributed by atoms with Gasteiger partial charge in [0.1, 0.15) is 11.6 Å². The summed E-state index contributed by atoms with van der Waals surface area (Å²) in [5.74, 6) is -0.0167. The fourth-order valence-corrected chi connectivity index (χ4v) is 2.50. The Kier molecular flexibility index (Phi) is 7.76. The average molecular weight is 373 g/mol. The molecule has 0 saturated carbocycles. The first-order valence-corrected chi connectivity index (χ1v) is 8.60. The predicted octanol–water partition coefficient (Wildman–Crippen LogP) is 2.06. The lowest BCUT2D eigenvalue weighted by atomic mass is 10.1. The number of rotatable bonds is 9. The van der Waals surface area contributed by atoms with E-state index < -0.39 is 0 Å².